The van der Waals surface area contributed by atoms with E-state index >= 15 is 0 Å². The lowest BCUT2D eigenvalue weighted by molar-refractivity contribution is 1.15. The molecule has 0 saturated heterocycles. The highest BCUT2D eigenvalue weighted by Crippen LogP contribution is 2.07. The Hall–Kier alpha value is -1.36. The van der Waals surface area contributed by atoms with Crippen molar-refractivity contribution in [3.05, 3.63) is 29.1 Å². The molecule has 2 nitrogen and oxygen atoms in total. The molecule has 1 rings (SSSR count). The van der Waals surface area contributed by atoms with Crippen molar-refractivity contribution in [2.75, 3.05) is 0 Å². The maximum Gasteiger partial charge on any atom is 0.101 e. The van der Waals surface area contributed by atoms with Crippen LogP contribution in [0.3, 0.4) is 0 Å². The van der Waals surface area contributed by atoms with Gasteiger partial charge in [-0.25, -0.2) is 0 Å². The molecule has 0 aliphatic carbocycles. The van der Waals surface area contributed by atoms with E-state index in [1.165, 1.54) is 0 Å². The zero-order chi connectivity index (χ0) is 9.56. The minimum atomic E-state index is 0.697. The molecule has 1 heterocycles. The number of aromatic nitrogens is 1. The number of aryl methyl sites for hydroxylation is 2. The van der Waals surface area contributed by atoms with Crippen LogP contribution in [0, 0.1) is 25.2 Å². The highest BCUT2D eigenvalue weighted by Gasteiger charge is 1.99. The van der Waals surface area contributed by atoms with Crippen LogP contribution in [-0.2, 0) is 0 Å². The maximum absolute atomic E-state index is 8.61. The molecule has 0 aliphatic rings. The van der Waals surface area contributed by atoms with E-state index < -0.39 is 0 Å². The van der Waals surface area contributed by atoms with E-state index in [-0.39, 0.29) is 0 Å². The van der Waals surface area contributed by atoms with Gasteiger partial charge in [0.05, 0.1) is 11.3 Å². The van der Waals surface area contributed by atoms with Crippen molar-refractivity contribution < 1.29 is 0 Å². The first-order chi connectivity index (χ1) is 5.75. The highest BCUT2D eigenvalue weighted by atomic mass is 14.7. The average Bonchev–Trinajstić information content (AvgIpc) is 2.08. The number of rotatable bonds is 0. The van der Waals surface area contributed by atoms with Gasteiger partial charge in [-0.3, -0.25) is 4.98 Å². The molecule has 0 amide bonds. The second-order valence-electron chi connectivity index (χ2n) is 2.20. The predicted octanol–water partition coefficient (Wildman–Crippen LogP) is 2.60. The van der Waals surface area contributed by atoms with E-state index in [1.807, 2.05) is 33.8 Å². The van der Waals surface area contributed by atoms with Crippen LogP contribution in [0.1, 0.15) is 30.7 Å². The third-order valence-corrected chi connectivity index (χ3v) is 1.46. The van der Waals surface area contributed by atoms with E-state index in [0.29, 0.717) is 5.56 Å². The first kappa shape index (κ1) is 10.6. The summed E-state index contributed by atoms with van der Waals surface area (Å²) in [5.41, 5.74) is 2.50. The van der Waals surface area contributed by atoms with Gasteiger partial charge in [0.1, 0.15) is 6.07 Å². The lowest BCUT2D eigenvalue weighted by Crippen LogP contribution is -1.89. The normalized spacial score (nSPS) is 7.92. The molecular weight excluding hydrogens is 148 g/mol. The number of nitriles is 1. The Morgan fingerprint density at radius 3 is 2.25 bits per heavy atom. The van der Waals surface area contributed by atoms with Crippen molar-refractivity contribution in [1.82, 2.24) is 4.98 Å². The second kappa shape index (κ2) is 5.31. The van der Waals surface area contributed by atoms with Crippen LogP contribution in [0.15, 0.2) is 12.3 Å². The molecular formula is C10H14N2. The summed E-state index contributed by atoms with van der Waals surface area (Å²) in [5, 5.41) is 8.61. The topological polar surface area (TPSA) is 36.7 Å². The monoisotopic (exact) mass is 162 g/mol. The third-order valence-electron chi connectivity index (χ3n) is 1.46. The fourth-order valence-corrected chi connectivity index (χ4v) is 0.863. The largest absolute Gasteiger partial charge is 0.260 e. The zero-order valence-corrected chi connectivity index (χ0v) is 8.05. The van der Waals surface area contributed by atoms with Crippen molar-refractivity contribution in [3.63, 3.8) is 0 Å². The van der Waals surface area contributed by atoms with Crippen molar-refractivity contribution in [2.45, 2.75) is 27.7 Å². The van der Waals surface area contributed by atoms with Crippen molar-refractivity contribution in [2.24, 2.45) is 0 Å². The second-order valence-corrected chi connectivity index (χ2v) is 2.20. The van der Waals surface area contributed by atoms with Crippen molar-refractivity contribution >= 4 is 0 Å². The van der Waals surface area contributed by atoms with Crippen LogP contribution in [0.2, 0.25) is 0 Å². The van der Waals surface area contributed by atoms with Crippen molar-refractivity contribution in [1.29, 1.82) is 5.26 Å². The van der Waals surface area contributed by atoms with Crippen LogP contribution in [0.5, 0.6) is 0 Å². The van der Waals surface area contributed by atoms with Gasteiger partial charge in [0.2, 0.25) is 0 Å². The molecule has 0 aliphatic heterocycles. The highest BCUT2D eigenvalue weighted by molar-refractivity contribution is 5.38. The smallest absolute Gasteiger partial charge is 0.101 e. The lowest BCUT2D eigenvalue weighted by Gasteiger charge is -1.97. The summed E-state index contributed by atoms with van der Waals surface area (Å²) in [6.45, 7) is 7.75. The van der Waals surface area contributed by atoms with E-state index in [2.05, 4.69) is 11.1 Å². The quantitative estimate of drug-likeness (QED) is 0.588. The molecule has 2 heteroatoms. The van der Waals surface area contributed by atoms with Crippen molar-refractivity contribution in [3.8, 4) is 6.07 Å². The Kier molecular flexibility index (Phi) is 4.71. The summed E-state index contributed by atoms with van der Waals surface area (Å²) < 4.78 is 0. The maximum atomic E-state index is 8.61. The molecule has 0 unspecified atom stereocenters. The summed E-state index contributed by atoms with van der Waals surface area (Å²) in [6, 6.07) is 3.94. The van der Waals surface area contributed by atoms with Crippen LogP contribution in [-0.4, -0.2) is 4.98 Å². The zero-order valence-electron chi connectivity index (χ0n) is 8.05. The summed E-state index contributed by atoms with van der Waals surface area (Å²) in [5.74, 6) is 0. The molecule has 64 valence electrons. The molecule has 0 aromatic carbocycles. The van der Waals surface area contributed by atoms with Gasteiger partial charge in [-0.1, -0.05) is 13.8 Å². The first-order valence-corrected chi connectivity index (χ1v) is 4.08. The fraction of sp³-hybridized carbons (Fsp3) is 0.400. The van der Waals surface area contributed by atoms with Gasteiger partial charge in [-0.2, -0.15) is 5.26 Å². The summed E-state index contributed by atoms with van der Waals surface area (Å²) >= 11 is 0. The first-order valence-electron chi connectivity index (χ1n) is 4.08. The minimum absolute atomic E-state index is 0.697. The average molecular weight is 162 g/mol. The van der Waals surface area contributed by atoms with Gasteiger partial charge in [0.25, 0.3) is 0 Å². The molecule has 1 aromatic heterocycles. The Labute approximate surface area is 73.9 Å². The SMILES string of the molecule is CC.Cc1ccnc(C)c1C#N. The third kappa shape index (κ3) is 2.35. The van der Waals surface area contributed by atoms with Crippen LogP contribution in [0.25, 0.3) is 0 Å². The van der Waals surface area contributed by atoms with Gasteiger partial charge < -0.3 is 0 Å². The van der Waals surface area contributed by atoms with E-state index in [4.69, 9.17) is 5.26 Å². The van der Waals surface area contributed by atoms with Gasteiger partial charge in [0, 0.05) is 6.20 Å². The van der Waals surface area contributed by atoms with E-state index in [0.717, 1.165) is 11.3 Å². The Morgan fingerprint density at radius 2 is 1.92 bits per heavy atom. The summed E-state index contributed by atoms with van der Waals surface area (Å²) in [4.78, 5) is 3.99. The lowest BCUT2D eigenvalue weighted by atomic mass is 10.1. The summed E-state index contributed by atoms with van der Waals surface area (Å²) in [6.07, 6.45) is 1.71. The minimum Gasteiger partial charge on any atom is -0.260 e. The molecule has 0 radical (unpaired) electrons. The molecule has 0 spiro atoms. The van der Waals surface area contributed by atoms with Crippen LogP contribution in [0.4, 0.5) is 0 Å². The molecule has 0 atom stereocenters. The summed E-state index contributed by atoms with van der Waals surface area (Å²) in [7, 11) is 0. The standard InChI is InChI=1S/C8H8N2.C2H6/c1-6-3-4-10-7(2)8(6)5-9;1-2/h3-4H,1-2H3;1-2H3. The number of nitrogens with zero attached hydrogens (tertiary/aromatic N) is 2. The Balaban J connectivity index is 0.000000561. The fourth-order valence-electron chi connectivity index (χ4n) is 0.863. The van der Waals surface area contributed by atoms with E-state index in [9.17, 15) is 0 Å². The molecule has 12 heavy (non-hydrogen) atoms. The van der Waals surface area contributed by atoms with Gasteiger partial charge in [-0.15, -0.1) is 0 Å². The predicted molar refractivity (Wildman–Crippen MR) is 49.8 cm³/mol. The van der Waals surface area contributed by atoms with Crippen LogP contribution >= 0.6 is 0 Å². The number of hydrogen-bond acceptors (Lipinski definition) is 2. The number of pyridine rings is 1. The van der Waals surface area contributed by atoms with E-state index in [1.54, 1.807) is 6.20 Å². The van der Waals surface area contributed by atoms with Gasteiger partial charge >= 0.3 is 0 Å². The molecule has 0 saturated carbocycles. The Bertz CT molecular complexity index is 264. The molecule has 0 N–H and O–H groups in total. The van der Waals surface area contributed by atoms with Gasteiger partial charge in [0.15, 0.2) is 0 Å². The van der Waals surface area contributed by atoms with Gasteiger partial charge in [-0.05, 0) is 25.5 Å². The Morgan fingerprint density at radius 1 is 1.33 bits per heavy atom. The number of hydrogen-bond donors (Lipinski definition) is 0. The molecule has 1 aromatic rings. The van der Waals surface area contributed by atoms with Crippen LogP contribution < -0.4 is 0 Å². The molecule has 0 fully saturated rings. The molecule has 0 bridgehead atoms.